The Hall–Kier alpha value is -2.99. The highest BCUT2D eigenvalue weighted by atomic mass is 35.5. The predicted molar refractivity (Wildman–Crippen MR) is 177 cm³/mol. The van der Waals surface area contributed by atoms with E-state index in [4.69, 9.17) is 32.7 Å². The maximum atomic E-state index is 13.5. The van der Waals surface area contributed by atoms with Crippen LogP contribution in [0.25, 0.3) is 0 Å². The highest BCUT2D eigenvalue weighted by molar-refractivity contribution is 7.91. The molecule has 0 aliphatic heterocycles. The molecule has 0 bridgehead atoms. The summed E-state index contributed by atoms with van der Waals surface area (Å²) < 4.78 is 39.0. The Morgan fingerprint density at radius 2 is 1.23 bits per heavy atom. The van der Waals surface area contributed by atoms with Gasteiger partial charge in [0.1, 0.15) is 17.2 Å². The van der Waals surface area contributed by atoms with E-state index in [1.165, 1.54) is 0 Å². The molecule has 0 fully saturated rings. The lowest BCUT2D eigenvalue weighted by Gasteiger charge is -2.27. The molecular formula is C36H40Cl2O4S. The van der Waals surface area contributed by atoms with Gasteiger partial charge >= 0.3 is 0 Å². The number of hydrogen-bond donors (Lipinski definition) is 0. The first-order chi connectivity index (χ1) is 20.2. The molecule has 228 valence electrons. The third-order valence-electron chi connectivity index (χ3n) is 7.60. The number of alkyl halides is 2. The van der Waals surface area contributed by atoms with Crippen LogP contribution in [0.1, 0.15) is 76.3 Å². The highest BCUT2D eigenvalue weighted by Crippen LogP contribution is 2.37. The summed E-state index contributed by atoms with van der Waals surface area (Å²) in [6.07, 6.45) is 0.0697. The maximum absolute atomic E-state index is 13.5. The summed E-state index contributed by atoms with van der Waals surface area (Å²) in [5.41, 5.74) is 4.39. The van der Waals surface area contributed by atoms with Crippen molar-refractivity contribution >= 4 is 33.0 Å². The molecule has 4 aromatic rings. The average Bonchev–Trinajstić information content (AvgIpc) is 2.96. The van der Waals surface area contributed by atoms with Crippen molar-refractivity contribution in [1.29, 1.82) is 0 Å². The largest absolute Gasteiger partial charge is 0.491 e. The molecule has 0 N–H and O–H groups in total. The molecule has 0 radical (unpaired) electrons. The highest BCUT2D eigenvalue weighted by Gasteiger charge is 2.25. The molecule has 0 aliphatic carbocycles. The van der Waals surface area contributed by atoms with Gasteiger partial charge in [0.15, 0.2) is 0 Å². The number of rotatable bonds is 10. The van der Waals surface area contributed by atoms with Crippen LogP contribution in [0.2, 0.25) is 0 Å². The zero-order chi connectivity index (χ0) is 31.6. The van der Waals surface area contributed by atoms with E-state index in [1.54, 1.807) is 30.3 Å². The lowest BCUT2D eigenvalue weighted by atomic mass is 9.77. The number of benzene rings is 4. The van der Waals surface area contributed by atoms with Gasteiger partial charge in [-0.15, -0.1) is 23.2 Å². The second-order valence-electron chi connectivity index (χ2n) is 12.6. The van der Waals surface area contributed by atoms with Gasteiger partial charge in [-0.1, -0.05) is 71.0 Å². The molecule has 0 amide bonds. The van der Waals surface area contributed by atoms with Crippen LogP contribution in [0.4, 0.5) is 0 Å². The van der Waals surface area contributed by atoms with Gasteiger partial charge < -0.3 is 9.47 Å². The van der Waals surface area contributed by atoms with Crippen LogP contribution in [0.3, 0.4) is 0 Å². The summed E-state index contributed by atoms with van der Waals surface area (Å²) in [4.78, 5) is 0.413. The van der Waals surface area contributed by atoms with Crippen LogP contribution in [0.15, 0.2) is 94.7 Å². The van der Waals surface area contributed by atoms with Crippen LogP contribution in [-0.4, -0.2) is 14.5 Å². The standard InChI is InChI=1S/C36H40Cl2O4S/c1-24(2)41-33-18-12-29(20-25(33)22-37)36(6,7)28-8-13-30(14-9-28)42-31-15-19-34(26(21-31)23-38)43(39,40)32-16-10-27(11-17-32)35(3,4)5/h8-21,24H,22-23H2,1-7H3. The van der Waals surface area contributed by atoms with Crippen molar-refractivity contribution < 1.29 is 17.9 Å². The molecule has 0 saturated carbocycles. The van der Waals surface area contributed by atoms with Gasteiger partial charge in [-0.05, 0) is 90.0 Å². The molecule has 0 spiro atoms. The Kier molecular flexibility index (Phi) is 9.90. The summed E-state index contributed by atoms with van der Waals surface area (Å²) >= 11 is 12.5. The minimum atomic E-state index is -3.75. The van der Waals surface area contributed by atoms with Crippen LogP contribution in [-0.2, 0) is 32.4 Å². The molecule has 0 atom stereocenters. The lowest BCUT2D eigenvalue weighted by Crippen LogP contribution is -2.19. The third kappa shape index (κ3) is 7.39. The molecule has 0 saturated heterocycles. The Labute approximate surface area is 266 Å². The van der Waals surface area contributed by atoms with Crippen molar-refractivity contribution in [2.24, 2.45) is 0 Å². The number of sulfone groups is 1. The van der Waals surface area contributed by atoms with Crippen LogP contribution in [0.5, 0.6) is 17.2 Å². The normalized spacial score (nSPS) is 12.4. The van der Waals surface area contributed by atoms with E-state index in [1.807, 2.05) is 56.3 Å². The zero-order valence-corrected chi connectivity index (χ0v) is 28.2. The monoisotopic (exact) mass is 638 g/mol. The van der Waals surface area contributed by atoms with E-state index in [0.29, 0.717) is 22.9 Å². The summed E-state index contributed by atoms with van der Waals surface area (Å²) in [6, 6.07) is 26.1. The first-order valence-corrected chi connectivity index (χ1v) is 16.9. The fraction of sp³-hybridized carbons (Fsp3) is 0.333. The summed E-state index contributed by atoms with van der Waals surface area (Å²) in [5.74, 6) is 2.35. The Morgan fingerprint density at radius 1 is 0.674 bits per heavy atom. The van der Waals surface area contributed by atoms with E-state index in [-0.39, 0.29) is 32.6 Å². The first kappa shape index (κ1) is 32.9. The SMILES string of the molecule is CC(C)Oc1ccc(C(C)(C)c2ccc(Oc3ccc(S(=O)(=O)c4ccc(C(C)(C)C)cc4)c(CCl)c3)cc2)cc1CCl. The van der Waals surface area contributed by atoms with Gasteiger partial charge in [-0.3, -0.25) is 0 Å². The van der Waals surface area contributed by atoms with E-state index in [2.05, 4.69) is 46.8 Å². The zero-order valence-electron chi connectivity index (χ0n) is 25.9. The fourth-order valence-electron chi connectivity index (χ4n) is 4.93. The van der Waals surface area contributed by atoms with Crippen molar-refractivity contribution in [1.82, 2.24) is 0 Å². The second-order valence-corrected chi connectivity index (χ2v) is 15.0. The van der Waals surface area contributed by atoms with Crippen molar-refractivity contribution in [3.8, 4) is 17.2 Å². The Balaban J connectivity index is 1.55. The average molecular weight is 640 g/mol. The van der Waals surface area contributed by atoms with E-state index in [9.17, 15) is 8.42 Å². The lowest BCUT2D eigenvalue weighted by molar-refractivity contribution is 0.240. The summed E-state index contributed by atoms with van der Waals surface area (Å²) in [7, 11) is -3.75. The molecule has 0 heterocycles. The van der Waals surface area contributed by atoms with Crippen LogP contribution in [0, 0.1) is 0 Å². The van der Waals surface area contributed by atoms with Crippen LogP contribution >= 0.6 is 23.2 Å². The number of ether oxygens (including phenoxy) is 2. The molecule has 4 nitrogen and oxygen atoms in total. The van der Waals surface area contributed by atoms with E-state index >= 15 is 0 Å². The predicted octanol–water partition coefficient (Wildman–Crippen LogP) is 10.2. The molecule has 4 rings (SSSR count). The van der Waals surface area contributed by atoms with Crippen molar-refractivity contribution in [2.75, 3.05) is 0 Å². The molecule has 7 heteroatoms. The number of halogens is 2. The van der Waals surface area contributed by atoms with Gasteiger partial charge in [0.2, 0.25) is 9.84 Å². The number of hydrogen-bond acceptors (Lipinski definition) is 4. The fourth-order valence-corrected chi connectivity index (χ4v) is 6.91. The molecule has 43 heavy (non-hydrogen) atoms. The Morgan fingerprint density at radius 3 is 1.79 bits per heavy atom. The summed E-state index contributed by atoms with van der Waals surface area (Å²) in [5, 5.41) is 0. The molecule has 0 aliphatic rings. The van der Waals surface area contributed by atoms with Crippen LogP contribution < -0.4 is 9.47 Å². The topological polar surface area (TPSA) is 52.6 Å². The second kappa shape index (κ2) is 12.9. The van der Waals surface area contributed by atoms with E-state index in [0.717, 1.165) is 28.0 Å². The smallest absolute Gasteiger partial charge is 0.206 e. The van der Waals surface area contributed by atoms with Gasteiger partial charge in [-0.2, -0.15) is 0 Å². The van der Waals surface area contributed by atoms with Gasteiger partial charge in [0, 0.05) is 16.9 Å². The van der Waals surface area contributed by atoms with Gasteiger partial charge in [0.05, 0.1) is 21.8 Å². The third-order valence-corrected chi connectivity index (χ3v) is 10.0. The maximum Gasteiger partial charge on any atom is 0.206 e. The van der Waals surface area contributed by atoms with Gasteiger partial charge in [-0.25, -0.2) is 8.42 Å². The minimum absolute atomic E-state index is 0.0320. The molecule has 0 unspecified atom stereocenters. The van der Waals surface area contributed by atoms with Crippen molar-refractivity contribution in [3.05, 3.63) is 113 Å². The van der Waals surface area contributed by atoms with Gasteiger partial charge in [0.25, 0.3) is 0 Å². The quantitative estimate of drug-likeness (QED) is 0.162. The van der Waals surface area contributed by atoms with Crippen molar-refractivity contribution in [3.63, 3.8) is 0 Å². The minimum Gasteiger partial charge on any atom is -0.491 e. The Bertz CT molecular complexity index is 1670. The molecule has 0 aromatic heterocycles. The molecule has 4 aromatic carbocycles. The van der Waals surface area contributed by atoms with E-state index < -0.39 is 9.84 Å². The summed E-state index contributed by atoms with van der Waals surface area (Å²) in [6.45, 7) is 14.6. The molecular weight excluding hydrogens is 599 g/mol. The first-order valence-electron chi connectivity index (χ1n) is 14.4. The van der Waals surface area contributed by atoms with Crippen molar-refractivity contribution in [2.45, 2.75) is 87.0 Å².